The molecule has 2 aromatic heterocycles. The number of para-hydroxylation sites is 2. The minimum atomic E-state index is 0.919. The molecule has 0 aliphatic carbocycles. The molecule has 11 aromatic rings. The highest BCUT2D eigenvalue weighted by molar-refractivity contribution is 7.26. The number of hydrogen-bond acceptors (Lipinski definition) is 3. The first-order valence-corrected chi connectivity index (χ1v) is 18.8. The first-order valence-electron chi connectivity index (χ1n) is 18.0. The Morgan fingerprint density at radius 3 is 1.83 bits per heavy atom. The number of fused-ring (bicyclic) bond motifs is 9. The summed E-state index contributed by atoms with van der Waals surface area (Å²) in [6.07, 6.45) is 0. The van der Waals surface area contributed by atoms with E-state index in [1.54, 1.807) is 0 Å². The second-order valence-corrected chi connectivity index (χ2v) is 14.8. The summed E-state index contributed by atoms with van der Waals surface area (Å²) >= 11 is 1.87. The minimum Gasteiger partial charge on any atom is -0.456 e. The molecular weight excluding hydrogens is 663 g/mol. The Morgan fingerprint density at radius 1 is 0.358 bits per heavy atom. The number of hydrogen-bond donors (Lipinski definition) is 0. The van der Waals surface area contributed by atoms with Crippen LogP contribution in [0.1, 0.15) is 0 Å². The molecule has 0 amide bonds. The molecule has 0 spiro atoms. The van der Waals surface area contributed by atoms with Crippen LogP contribution in [0.2, 0.25) is 0 Å². The largest absolute Gasteiger partial charge is 0.456 e. The van der Waals surface area contributed by atoms with E-state index >= 15 is 0 Å². The minimum absolute atomic E-state index is 0.919. The van der Waals surface area contributed by atoms with Crippen LogP contribution in [0.15, 0.2) is 192 Å². The van der Waals surface area contributed by atoms with Gasteiger partial charge in [0.2, 0.25) is 0 Å². The molecule has 0 bridgehead atoms. The molecule has 53 heavy (non-hydrogen) atoms. The molecule has 0 N–H and O–H groups in total. The molecule has 2 nitrogen and oxygen atoms in total. The topological polar surface area (TPSA) is 16.4 Å². The van der Waals surface area contributed by atoms with Gasteiger partial charge in [0.15, 0.2) is 0 Å². The molecule has 0 unspecified atom stereocenters. The van der Waals surface area contributed by atoms with Crippen molar-refractivity contribution >= 4 is 92.1 Å². The van der Waals surface area contributed by atoms with E-state index in [9.17, 15) is 0 Å². The van der Waals surface area contributed by atoms with E-state index in [0.717, 1.165) is 39.0 Å². The van der Waals surface area contributed by atoms with E-state index in [0.29, 0.717) is 0 Å². The first kappa shape index (κ1) is 30.0. The normalized spacial score (nSPS) is 11.8. The van der Waals surface area contributed by atoms with Crippen LogP contribution < -0.4 is 4.90 Å². The molecule has 0 fully saturated rings. The van der Waals surface area contributed by atoms with Crippen molar-refractivity contribution in [1.82, 2.24) is 0 Å². The Balaban J connectivity index is 1.07. The van der Waals surface area contributed by atoms with Crippen LogP contribution in [-0.4, -0.2) is 0 Å². The van der Waals surface area contributed by atoms with Crippen molar-refractivity contribution in [3.05, 3.63) is 188 Å². The van der Waals surface area contributed by atoms with Crippen molar-refractivity contribution in [2.45, 2.75) is 0 Å². The zero-order valence-corrected chi connectivity index (χ0v) is 29.5. The van der Waals surface area contributed by atoms with Gasteiger partial charge in [-0.2, -0.15) is 0 Å². The quantitative estimate of drug-likeness (QED) is 0.167. The lowest BCUT2D eigenvalue weighted by Gasteiger charge is -2.26. The average Bonchev–Trinajstić information content (AvgIpc) is 3.79. The lowest BCUT2D eigenvalue weighted by Crippen LogP contribution is -2.09. The van der Waals surface area contributed by atoms with Crippen LogP contribution in [0.4, 0.5) is 17.1 Å². The van der Waals surface area contributed by atoms with E-state index in [1.165, 1.54) is 64.0 Å². The van der Waals surface area contributed by atoms with Gasteiger partial charge in [0.1, 0.15) is 11.2 Å². The second kappa shape index (κ2) is 11.9. The summed E-state index contributed by atoms with van der Waals surface area (Å²) in [5.41, 5.74) is 10.1. The highest BCUT2D eigenvalue weighted by Crippen LogP contribution is 2.45. The number of furan rings is 1. The predicted octanol–water partition coefficient (Wildman–Crippen LogP) is 15.1. The summed E-state index contributed by atoms with van der Waals surface area (Å²) in [5, 5.41) is 9.80. The molecule has 0 aliphatic rings. The van der Waals surface area contributed by atoms with Gasteiger partial charge in [-0.3, -0.25) is 0 Å². The van der Waals surface area contributed by atoms with Crippen molar-refractivity contribution in [1.29, 1.82) is 0 Å². The molecule has 0 aliphatic heterocycles. The molecule has 11 rings (SSSR count). The lowest BCUT2D eigenvalue weighted by molar-refractivity contribution is 0.669. The summed E-state index contributed by atoms with van der Waals surface area (Å²) < 4.78 is 8.72. The molecular formula is C50H31NOS. The fraction of sp³-hybridized carbons (Fsp3) is 0. The predicted molar refractivity (Wildman–Crippen MR) is 227 cm³/mol. The van der Waals surface area contributed by atoms with Crippen LogP contribution in [-0.2, 0) is 0 Å². The highest BCUT2D eigenvalue weighted by atomic mass is 32.1. The monoisotopic (exact) mass is 693 g/mol. The van der Waals surface area contributed by atoms with Gasteiger partial charge >= 0.3 is 0 Å². The van der Waals surface area contributed by atoms with E-state index in [1.807, 2.05) is 23.5 Å². The van der Waals surface area contributed by atoms with Crippen molar-refractivity contribution in [3.63, 3.8) is 0 Å². The Bertz CT molecular complexity index is 3180. The highest BCUT2D eigenvalue weighted by Gasteiger charge is 2.18. The van der Waals surface area contributed by atoms with Gasteiger partial charge in [-0.15, -0.1) is 11.3 Å². The SMILES string of the molecule is c1ccc(-c2ccc3ccc4ccc(N(c5ccccc5)c5ccc6sc7c(-c8ccc9oc%10ccccc%10c9c8)cccc7c6c5)cc4c3c2)cc1. The fourth-order valence-electron chi connectivity index (χ4n) is 8.06. The Kier molecular flexibility index (Phi) is 6.76. The lowest BCUT2D eigenvalue weighted by atomic mass is 9.96. The number of benzene rings is 9. The van der Waals surface area contributed by atoms with Crippen LogP contribution in [0.3, 0.4) is 0 Å². The maximum absolute atomic E-state index is 6.15. The summed E-state index contributed by atoms with van der Waals surface area (Å²) in [6.45, 7) is 0. The number of rotatable bonds is 5. The Morgan fingerprint density at radius 2 is 0.981 bits per heavy atom. The smallest absolute Gasteiger partial charge is 0.135 e. The number of thiophene rings is 1. The summed E-state index contributed by atoms with van der Waals surface area (Å²) in [7, 11) is 0. The maximum Gasteiger partial charge on any atom is 0.135 e. The molecule has 0 saturated heterocycles. The van der Waals surface area contributed by atoms with Gasteiger partial charge in [-0.25, -0.2) is 0 Å². The van der Waals surface area contributed by atoms with Crippen molar-refractivity contribution in [2.75, 3.05) is 4.90 Å². The van der Waals surface area contributed by atoms with Crippen LogP contribution in [0.25, 0.3) is 85.9 Å². The van der Waals surface area contributed by atoms with Crippen LogP contribution in [0.5, 0.6) is 0 Å². The fourth-order valence-corrected chi connectivity index (χ4v) is 9.28. The average molecular weight is 694 g/mol. The van der Waals surface area contributed by atoms with Crippen molar-refractivity contribution < 1.29 is 4.42 Å². The summed E-state index contributed by atoms with van der Waals surface area (Å²) in [6, 6.07) is 68.1. The molecule has 9 aromatic carbocycles. The van der Waals surface area contributed by atoms with E-state index in [-0.39, 0.29) is 0 Å². The van der Waals surface area contributed by atoms with Crippen molar-refractivity contribution in [2.24, 2.45) is 0 Å². The summed E-state index contributed by atoms with van der Waals surface area (Å²) in [4.78, 5) is 2.39. The maximum atomic E-state index is 6.15. The Labute approximate surface area is 310 Å². The van der Waals surface area contributed by atoms with Crippen LogP contribution >= 0.6 is 11.3 Å². The van der Waals surface area contributed by atoms with Gasteiger partial charge in [0.25, 0.3) is 0 Å². The summed E-state index contributed by atoms with van der Waals surface area (Å²) in [5.74, 6) is 0. The zero-order chi connectivity index (χ0) is 34.9. The standard InChI is InChI=1S/C50H31NOS/c1-3-10-32(11-4-1)35-21-20-33-18-19-34-22-24-38(30-44(34)43(33)28-35)51(37-12-5-2-6-13-37)39-25-27-49-46(31-39)42-16-9-15-40(50(42)53-49)36-23-26-48-45(29-36)41-14-7-8-17-47(41)52-48/h1-31H. The van der Waals surface area contributed by atoms with Gasteiger partial charge in [-0.1, -0.05) is 121 Å². The molecule has 3 heteroatoms. The van der Waals surface area contributed by atoms with E-state index in [4.69, 9.17) is 4.42 Å². The zero-order valence-electron chi connectivity index (χ0n) is 28.7. The Hall–Kier alpha value is -6.68. The van der Waals surface area contributed by atoms with Crippen molar-refractivity contribution in [3.8, 4) is 22.3 Å². The van der Waals surface area contributed by atoms with Gasteiger partial charge < -0.3 is 9.32 Å². The number of nitrogens with zero attached hydrogens (tertiary/aromatic N) is 1. The molecule has 0 radical (unpaired) electrons. The number of anilines is 3. The van der Waals surface area contributed by atoms with E-state index in [2.05, 4.69) is 181 Å². The second-order valence-electron chi connectivity index (χ2n) is 13.7. The first-order chi connectivity index (χ1) is 26.2. The third-order valence-electron chi connectivity index (χ3n) is 10.6. The van der Waals surface area contributed by atoms with Gasteiger partial charge in [0, 0.05) is 48.0 Å². The molecule has 0 atom stereocenters. The van der Waals surface area contributed by atoms with Gasteiger partial charge in [0.05, 0.1) is 0 Å². The van der Waals surface area contributed by atoms with Gasteiger partial charge in [-0.05, 0) is 111 Å². The molecule has 248 valence electrons. The van der Waals surface area contributed by atoms with Crippen LogP contribution in [0, 0.1) is 0 Å². The molecule has 2 heterocycles. The molecule has 0 saturated carbocycles. The third kappa shape index (κ3) is 4.93. The third-order valence-corrected chi connectivity index (χ3v) is 11.8. The van der Waals surface area contributed by atoms with E-state index < -0.39 is 0 Å².